The largest absolute Gasteiger partial charge is 0.472 e. The molecule has 0 aliphatic rings. The van der Waals surface area contributed by atoms with Crippen LogP contribution in [0, 0.1) is 0 Å². The molecule has 0 aliphatic heterocycles. The summed E-state index contributed by atoms with van der Waals surface area (Å²) in [6.45, 7) is 4.58. The smallest absolute Gasteiger partial charge is 0.462 e. The number of hydrogen-bond acceptors (Lipinski definition) is 15. The molecular weight excluding hydrogens is 1310 g/mol. The normalized spacial score (nSPS) is 14.5. The van der Waals surface area contributed by atoms with Gasteiger partial charge in [0.05, 0.1) is 26.4 Å². The summed E-state index contributed by atoms with van der Waals surface area (Å²) in [4.78, 5) is 72.9. The average Bonchev–Trinajstić information content (AvgIpc) is 1.06. The van der Waals surface area contributed by atoms with Crippen molar-refractivity contribution in [2.45, 2.75) is 341 Å². The quantitative estimate of drug-likeness (QED) is 0.0169. The van der Waals surface area contributed by atoms with Gasteiger partial charge < -0.3 is 33.8 Å². The first-order chi connectivity index (χ1) is 48.7. The lowest BCUT2D eigenvalue weighted by Gasteiger charge is -2.21. The third kappa shape index (κ3) is 72.1. The van der Waals surface area contributed by atoms with E-state index in [4.69, 9.17) is 37.0 Å². The highest BCUT2D eigenvalue weighted by Gasteiger charge is 2.30. The van der Waals surface area contributed by atoms with Crippen molar-refractivity contribution in [3.8, 4) is 0 Å². The Morgan fingerprint density at radius 2 is 0.530 bits per heavy atom. The highest BCUT2D eigenvalue weighted by atomic mass is 31.2. The number of aliphatic hydroxyl groups excluding tert-OH is 1. The summed E-state index contributed by atoms with van der Waals surface area (Å²) >= 11 is 0. The Labute approximate surface area is 607 Å². The van der Waals surface area contributed by atoms with Crippen molar-refractivity contribution in [2.24, 2.45) is 0 Å². The Morgan fingerprint density at radius 3 is 0.840 bits per heavy atom. The van der Waals surface area contributed by atoms with Gasteiger partial charge in [0.15, 0.2) is 12.2 Å². The number of phosphoric ester groups is 2. The van der Waals surface area contributed by atoms with Crippen LogP contribution < -0.4 is 0 Å². The second-order valence-electron chi connectivity index (χ2n) is 25.9. The summed E-state index contributed by atoms with van der Waals surface area (Å²) in [6.07, 6.45) is 77.9. The fraction of sp³-hybridized carbons (Fsp3) is 0.728. The molecule has 5 unspecified atom stereocenters. The standard InChI is InChI=1S/C81H140O17P2/c1-5-9-13-17-21-25-29-31-33-35-37-39-41-43-47-50-54-58-62-66-79(84)92-72-77(98-81(86)68-64-60-56-52-48-44-42-40-38-36-34-32-30-26-22-18-14-10-6-2)74-96-100(89,90)94-70-75(82)69-93-99(87,88)95-73-76(97-80(85)67-63-59-55-51-46-28-24-20-16-12-8-4)71-91-78(83)65-61-57-53-49-45-27-23-19-15-11-7-3/h9-10,13-14,19,21-23,25-26,31-34,37-40,75-77,82H,5-8,11-12,15-18,20,24,27-30,35-36,41-74H2,1-4H3,(H,87,88)(H,89,90)/b13-9-,14-10-,23-19-,25-21-,26-22-,33-31-,34-32-,39-37-,40-38-. The van der Waals surface area contributed by atoms with Crippen LogP contribution in [0.5, 0.6) is 0 Å². The second-order valence-corrected chi connectivity index (χ2v) is 28.8. The van der Waals surface area contributed by atoms with E-state index in [2.05, 4.69) is 137 Å². The number of aliphatic hydroxyl groups is 1. The Kier molecular flexibility index (Phi) is 69.9. The Morgan fingerprint density at radius 1 is 0.290 bits per heavy atom. The minimum Gasteiger partial charge on any atom is -0.462 e. The van der Waals surface area contributed by atoms with Crippen molar-refractivity contribution in [1.82, 2.24) is 0 Å². The molecule has 0 amide bonds. The van der Waals surface area contributed by atoms with Gasteiger partial charge in [0, 0.05) is 25.7 Å². The van der Waals surface area contributed by atoms with Crippen molar-refractivity contribution >= 4 is 39.5 Å². The molecule has 17 nitrogen and oxygen atoms in total. The Hall–Kier alpha value is -4.28. The zero-order chi connectivity index (χ0) is 73.2. The van der Waals surface area contributed by atoms with Crippen molar-refractivity contribution in [2.75, 3.05) is 39.6 Å². The highest BCUT2D eigenvalue weighted by Crippen LogP contribution is 2.45. The van der Waals surface area contributed by atoms with Gasteiger partial charge >= 0.3 is 39.5 Å². The maximum absolute atomic E-state index is 13.1. The lowest BCUT2D eigenvalue weighted by Crippen LogP contribution is -2.30. The molecule has 576 valence electrons. The first-order valence-corrected chi connectivity index (χ1v) is 42.1. The number of rotatable bonds is 73. The summed E-state index contributed by atoms with van der Waals surface area (Å²) < 4.78 is 68.5. The van der Waals surface area contributed by atoms with E-state index in [1.165, 1.54) is 51.4 Å². The van der Waals surface area contributed by atoms with Gasteiger partial charge in [-0.1, -0.05) is 285 Å². The first kappa shape index (κ1) is 95.7. The minimum atomic E-state index is -4.98. The van der Waals surface area contributed by atoms with Crippen molar-refractivity contribution in [3.05, 3.63) is 109 Å². The molecule has 0 saturated carbocycles. The molecule has 0 bridgehead atoms. The maximum Gasteiger partial charge on any atom is 0.472 e. The van der Waals surface area contributed by atoms with Gasteiger partial charge in [-0.15, -0.1) is 0 Å². The molecule has 3 N–H and O–H groups in total. The van der Waals surface area contributed by atoms with Gasteiger partial charge in [-0.05, 0) is 122 Å². The molecule has 0 saturated heterocycles. The molecule has 0 aromatic rings. The summed E-state index contributed by atoms with van der Waals surface area (Å²) in [5.74, 6) is -2.20. The minimum absolute atomic E-state index is 0.0741. The van der Waals surface area contributed by atoms with E-state index in [1.54, 1.807) is 0 Å². The van der Waals surface area contributed by atoms with Crippen LogP contribution >= 0.6 is 15.6 Å². The molecule has 0 radical (unpaired) electrons. The molecule has 100 heavy (non-hydrogen) atoms. The summed E-state index contributed by atoms with van der Waals surface area (Å²) in [5.41, 5.74) is 0. The number of carbonyl (C=O) groups is 4. The van der Waals surface area contributed by atoms with Crippen LogP contribution in [-0.2, 0) is 65.4 Å². The number of unbranched alkanes of at least 4 members (excludes halogenated alkanes) is 29. The summed E-state index contributed by atoms with van der Waals surface area (Å²) in [7, 11) is -9.95. The zero-order valence-corrected chi connectivity index (χ0v) is 64.6. The lowest BCUT2D eigenvalue weighted by atomic mass is 10.1. The van der Waals surface area contributed by atoms with Gasteiger partial charge in [-0.3, -0.25) is 37.3 Å². The molecule has 0 rings (SSSR count). The van der Waals surface area contributed by atoms with Crippen LogP contribution in [0.3, 0.4) is 0 Å². The van der Waals surface area contributed by atoms with Gasteiger partial charge in [0.2, 0.25) is 0 Å². The fourth-order valence-electron chi connectivity index (χ4n) is 10.3. The number of allylic oxidation sites excluding steroid dienone is 18. The molecular formula is C81H140O17P2. The van der Waals surface area contributed by atoms with Crippen LogP contribution in [0.2, 0.25) is 0 Å². The van der Waals surface area contributed by atoms with Gasteiger partial charge in [-0.25, -0.2) is 9.13 Å². The van der Waals surface area contributed by atoms with E-state index in [1.807, 2.05) is 0 Å². The van der Waals surface area contributed by atoms with Crippen LogP contribution in [0.25, 0.3) is 0 Å². The highest BCUT2D eigenvalue weighted by molar-refractivity contribution is 7.47. The number of hydrogen-bond donors (Lipinski definition) is 3. The summed E-state index contributed by atoms with van der Waals surface area (Å²) in [6, 6.07) is 0. The Balaban J connectivity index is 5.34. The van der Waals surface area contributed by atoms with Crippen molar-refractivity contribution < 1.29 is 80.2 Å². The van der Waals surface area contributed by atoms with Gasteiger partial charge in [0.25, 0.3) is 0 Å². The molecule has 0 heterocycles. The van der Waals surface area contributed by atoms with E-state index in [0.29, 0.717) is 25.7 Å². The van der Waals surface area contributed by atoms with Crippen LogP contribution in [-0.4, -0.2) is 96.7 Å². The molecule has 0 fully saturated rings. The van der Waals surface area contributed by atoms with Gasteiger partial charge in [0.1, 0.15) is 19.3 Å². The lowest BCUT2D eigenvalue weighted by molar-refractivity contribution is -0.161. The predicted octanol–water partition coefficient (Wildman–Crippen LogP) is 22.6. The molecule has 19 heteroatoms. The maximum atomic E-state index is 13.1. The van der Waals surface area contributed by atoms with Crippen LogP contribution in [0.4, 0.5) is 0 Å². The number of esters is 4. The predicted molar refractivity (Wildman–Crippen MR) is 408 cm³/mol. The molecule has 0 spiro atoms. The van der Waals surface area contributed by atoms with Crippen molar-refractivity contribution in [1.29, 1.82) is 0 Å². The van der Waals surface area contributed by atoms with E-state index < -0.39 is 97.5 Å². The van der Waals surface area contributed by atoms with Crippen molar-refractivity contribution in [3.63, 3.8) is 0 Å². The fourth-order valence-corrected chi connectivity index (χ4v) is 11.9. The number of ether oxygens (including phenoxy) is 4. The molecule has 0 aliphatic carbocycles. The van der Waals surface area contributed by atoms with E-state index in [9.17, 15) is 43.2 Å². The number of phosphoric acid groups is 2. The van der Waals surface area contributed by atoms with E-state index in [0.717, 1.165) is 193 Å². The third-order valence-corrected chi connectivity index (χ3v) is 18.1. The first-order valence-electron chi connectivity index (χ1n) is 39.1. The van der Waals surface area contributed by atoms with Crippen LogP contribution in [0.1, 0.15) is 323 Å². The molecule has 0 aromatic carbocycles. The average molecular weight is 1450 g/mol. The van der Waals surface area contributed by atoms with Gasteiger partial charge in [-0.2, -0.15) is 0 Å². The topological polar surface area (TPSA) is 237 Å². The van der Waals surface area contributed by atoms with Crippen LogP contribution in [0.15, 0.2) is 109 Å². The number of carbonyl (C=O) groups excluding carboxylic acids is 4. The summed E-state index contributed by atoms with van der Waals surface area (Å²) in [5, 5.41) is 10.6. The Bertz CT molecular complexity index is 2320. The zero-order valence-electron chi connectivity index (χ0n) is 62.8. The van der Waals surface area contributed by atoms with E-state index >= 15 is 0 Å². The monoisotopic (exact) mass is 1450 g/mol. The molecule has 0 aromatic heterocycles. The molecule has 5 atom stereocenters. The second kappa shape index (κ2) is 73.0. The SMILES string of the molecule is CC/C=C\C/C=C\C/C=C\C/C=C\CCCCCCCCC(=O)OCC(COP(=O)(O)OCC(O)COP(=O)(O)OCC(COC(=O)CCCCCCC/C=C\CCCC)OC(=O)CCCCCCCCCCCCC)OC(=O)CCCCCCCC/C=C\C/C=C\C/C=C\C/C=C\CC. The van der Waals surface area contributed by atoms with E-state index in [-0.39, 0.29) is 25.7 Å². The third-order valence-electron chi connectivity index (χ3n) is 16.2.